The second-order valence-corrected chi connectivity index (χ2v) is 9.25. The smallest absolute Gasteiger partial charge is 0.235 e. The fourth-order valence-electron chi connectivity index (χ4n) is 4.11. The minimum atomic E-state index is -0.388. The second-order valence-electron chi connectivity index (χ2n) is 9.25. The van der Waals surface area contributed by atoms with Crippen molar-refractivity contribution in [2.24, 2.45) is 0 Å². The largest absolute Gasteiger partial charge is 0.372 e. The van der Waals surface area contributed by atoms with E-state index in [0.29, 0.717) is 13.2 Å². The number of amides is 1. The van der Waals surface area contributed by atoms with Crippen LogP contribution in [0.3, 0.4) is 0 Å². The highest BCUT2D eigenvalue weighted by atomic mass is 16.5. The molecule has 1 aliphatic heterocycles. The average Bonchev–Trinajstić information content (AvgIpc) is 3.13. The van der Waals surface area contributed by atoms with Crippen molar-refractivity contribution in [3.63, 3.8) is 0 Å². The number of aromatic amines is 1. The molecule has 2 aliphatic rings. The molecule has 0 radical (unpaired) electrons. The molecule has 4 nitrogen and oxygen atoms in total. The highest BCUT2D eigenvalue weighted by molar-refractivity contribution is 6.02. The number of anilines is 1. The first-order chi connectivity index (χ1) is 13.3. The predicted molar refractivity (Wildman–Crippen MR) is 114 cm³/mol. The molecule has 1 amide bonds. The van der Waals surface area contributed by atoms with Crippen molar-refractivity contribution in [2.45, 2.75) is 57.7 Å². The Morgan fingerprint density at radius 1 is 1.07 bits per heavy atom. The van der Waals surface area contributed by atoms with E-state index >= 15 is 0 Å². The van der Waals surface area contributed by atoms with Gasteiger partial charge in [0.15, 0.2) is 0 Å². The number of ether oxygens (including phenoxy) is 1. The molecule has 2 N–H and O–H groups in total. The lowest BCUT2D eigenvalue weighted by atomic mass is 9.92. The van der Waals surface area contributed by atoms with Crippen molar-refractivity contribution < 1.29 is 11.0 Å². The van der Waals surface area contributed by atoms with Crippen molar-refractivity contribution in [3.8, 4) is 0 Å². The van der Waals surface area contributed by atoms with Gasteiger partial charge in [0.1, 0.15) is 0 Å². The van der Waals surface area contributed by atoms with Gasteiger partial charge in [0.05, 0.1) is 18.6 Å². The Balaban J connectivity index is 0.00000205. The van der Waals surface area contributed by atoms with Crippen LogP contribution in [0.15, 0.2) is 42.5 Å². The zero-order valence-corrected chi connectivity index (χ0v) is 16.7. The molecular weight excluding hydrogens is 348 g/mol. The van der Waals surface area contributed by atoms with Crippen LogP contribution in [0.1, 0.15) is 57.4 Å². The van der Waals surface area contributed by atoms with E-state index in [4.69, 9.17) is 4.74 Å². The molecule has 5 rings (SSSR count). The van der Waals surface area contributed by atoms with Crippen LogP contribution >= 0.6 is 0 Å². The van der Waals surface area contributed by atoms with Gasteiger partial charge in [-0.15, -0.1) is 0 Å². The van der Waals surface area contributed by atoms with E-state index in [-0.39, 0.29) is 18.2 Å². The SMILES string of the molecule is CC(C)(C)c1cc2cc(NC(=O)C3(c4ccc5c(c4)COC5)CC3)ccc2[nH]1.[HH]. The summed E-state index contributed by atoms with van der Waals surface area (Å²) in [6, 6.07) is 14.7. The van der Waals surface area contributed by atoms with E-state index in [0.717, 1.165) is 35.0 Å². The standard InChI is InChI=1S/C24H26N2O2.H2/c1-23(2,3)21-12-16-11-19(6-7-20(16)26-21)25-22(27)24(8-9-24)18-5-4-15-13-28-14-17(15)10-18;/h4-7,10-12,26H,8-9,13-14H2,1-3H3,(H,25,27);1H. The van der Waals surface area contributed by atoms with Crippen LogP contribution < -0.4 is 5.32 Å². The topological polar surface area (TPSA) is 54.1 Å². The molecular formula is C24H28N2O2. The third kappa shape index (κ3) is 2.83. The number of fused-ring (bicyclic) bond motifs is 2. The van der Waals surface area contributed by atoms with E-state index < -0.39 is 0 Å². The average molecular weight is 377 g/mol. The summed E-state index contributed by atoms with van der Waals surface area (Å²) in [6.45, 7) is 7.92. The summed E-state index contributed by atoms with van der Waals surface area (Å²) in [5.74, 6) is 0.0947. The molecule has 0 atom stereocenters. The van der Waals surface area contributed by atoms with Crippen molar-refractivity contribution in [1.82, 2.24) is 4.98 Å². The number of hydrogen-bond donors (Lipinski definition) is 2. The summed E-state index contributed by atoms with van der Waals surface area (Å²) >= 11 is 0. The van der Waals surface area contributed by atoms with Crippen LogP contribution in [0.25, 0.3) is 10.9 Å². The Kier molecular flexibility index (Phi) is 3.72. The third-order valence-electron chi connectivity index (χ3n) is 6.15. The monoisotopic (exact) mass is 376 g/mol. The molecule has 4 heteroatoms. The van der Waals surface area contributed by atoms with Crippen LogP contribution in [-0.2, 0) is 33.6 Å². The number of carbonyl (C=O) groups is 1. The number of benzene rings is 2. The number of aromatic nitrogens is 1. The fourth-order valence-corrected chi connectivity index (χ4v) is 4.11. The van der Waals surface area contributed by atoms with E-state index in [1.807, 2.05) is 12.1 Å². The van der Waals surface area contributed by atoms with Crippen LogP contribution in [0.4, 0.5) is 5.69 Å². The zero-order valence-electron chi connectivity index (χ0n) is 16.7. The van der Waals surface area contributed by atoms with Crippen molar-refractivity contribution in [2.75, 3.05) is 5.32 Å². The molecule has 2 aromatic carbocycles. The van der Waals surface area contributed by atoms with Crippen LogP contribution in [0, 0.1) is 0 Å². The highest BCUT2D eigenvalue weighted by Gasteiger charge is 2.51. The van der Waals surface area contributed by atoms with Crippen LogP contribution in [0.2, 0.25) is 0 Å². The van der Waals surface area contributed by atoms with Crippen LogP contribution in [0.5, 0.6) is 0 Å². The molecule has 0 saturated heterocycles. The number of hydrogen-bond acceptors (Lipinski definition) is 2. The summed E-state index contributed by atoms with van der Waals surface area (Å²) in [7, 11) is 0. The minimum absolute atomic E-state index is 0. The quantitative estimate of drug-likeness (QED) is 0.642. The number of carbonyl (C=O) groups excluding carboxylic acids is 1. The first kappa shape index (κ1) is 17.5. The molecule has 28 heavy (non-hydrogen) atoms. The molecule has 1 saturated carbocycles. The van der Waals surface area contributed by atoms with Gasteiger partial charge in [0.2, 0.25) is 5.91 Å². The van der Waals surface area contributed by atoms with Gasteiger partial charge >= 0.3 is 0 Å². The Morgan fingerprint density at radius 3 is 2.61 bits per heavy atom. The first-order valence-corrected chi connectivity index (χ1v) is 10.00. The van der Waals surface area contributed by atoms with Crippen molar-refractivity contribution in [1.29, 1.82) is 0 Å². The maximum atomic E-state index is 13.1. The Morgan fingerprint density at radius 2 is 1.86 bits per heavy atom. The first-order valence-electron chi connectivity index (χ1n) is 10.00. The molecule has 0 bridgehead atoms. The third-order valence-corrected chi connectivity index (χ3v) is 6.15. The molecule has 2 heterocycles. The Labute approximate surface area is 166 Å². The van der Waals surface area contributed by atoms with Crippen LogP contribution in [-0.4, -0.2) is 10.9 Å². The maximum Gasteiger partial charge on any atom is 0.235 e. The molecule has 1 aromatic heterocycles. The summed E-state index contributed by atoms with van der Waals surface area (Å²) in [6.07, 6.45) is 1.80. The number of H-pyrrole nitrogens is 1. The lowest BCUT2D eigenvalue weighted by Gasteiger charge is -2.17. The van der Waals surface area contributed by atoms with Gasteiger partial charge in [0.25, 0.3) is 0 Å². The normalized spacial score (nSPS) is 17.5. The lowest BCUT2D eigenvalue weighted by molar-refractivity contribution is -0.118. The minimum Gasteiger partial charge on any atom is -0.372 e. The molecule has 146 valence electrons. The molecule has 1 fully saturated rings. The predicted octanol–water partition coefficient (Wildman–Crippen LogP) is 5.41. The van der Waals surface area contributed by atoms with Crippen molar-refractivity contribution in [3.05, 3.63) is 64.8 Å². The van der Waals surface area contributed by atoms with E-state index in [1.165, 1.54) is 16.8 Å². The molecule has 1 aliphatic carbocycles. The molecule has 3 aromatic rings. The van der Waals surface area contributed by atoms with Gasteiger partial charge in [-0.2, -0.15) is 0 Å². The molecule has 0 unspecified atom stereocenters. The van der Waals surface area contributed by atoms with Gasteiger partial charge in [-0.05, 0) is 53.8 Å². The second kappa shape index (κ2) is 5.95. The Bertz CT molecular complexity index is 1090. The lowest BCUT2D eigenvalue weighted by Crippen LogP contribution is -2.27. The highest BCUT2D eigenvalue weighted by Crippen LogP contribution is 2.49. The fraction of sp³-hybridized carbons (Fsp3) is 0.375. The maximum absolute atomic E-state index is 13.1. The summed E-state index contributed by atoms with van der Waals surface area (Å²) in [5, 5.41) is 4.29. The van der Waals surface area contributed by atoms with E-state index in [2.05, 4.69) is 61.4 Å². The van der Waals surface area contributed by atoms with Gasteiger partial charge in [-0.1, -0.05) is 39.0 Å². The van der Waals surface area contributed by atoms with Gasteiger partial charge in [0, 0.05) is 29.1 Å². The van der Waals surface area contributed by atoms with Gasteiger partial charge < -0.3 is 15.0 Å². The summed E-state index contributed by atoms with van der Waals surface area (Å²) in [4.78, 5) is 16.6. The zero-order chi connectivity index (χ0) is 19.5. The van der Waals surface area contributed by atoms with Gasteiger partial charge in [-0.3, -0.25) is 4.79 Å². The van der Waals surface area contributed by atoms with Gasteiger partial charge in [-0.25, -0.2) is 0 Å². The summed E-state index contributed by atoms with van der Waals surface area (Å²) in [5.41, 5.74) is 6.42. The van der Waals surface area contributed by atoms with E-state index in [9.17, 15) is 4.79 Å². The number of nitrogens with one attached hydrogen (secondary N) is 2. The molecule has 0 spiro atoms. The van der Waals surface area contributed by atoms with E-state index in [1.54, 1.807) is 0 Å². The number of rotatable bonds is 3. The van der Waals surface area contributed by atoms with Crippen molar-refractivity contribution >= 4 is 22.5 Å². The Hall–Kier alpha value is -2.59. The summed E-state index contributed by atoms with van der Waals surface area (Å²) < 4.78 is 5.52.